The monoisotopic (exact) mass is 265 g/mol. The van der Waals surface area contributed by atoms with Crippen molar-refractivity contribution in [3.05, 3.63) is 32.4 Å². The average molecular weight is 265 g/mol. The molecule has 5 heteroatoms. The van der Waals surface area contributed by atoms with Gasteiger partial charge in [-0.2, -0.15) is 0 Å². The molecular formula is C13H19N3OS. The normalized spacial score (nSPS) is 15.4. The number of H-pyrrole nitrogens is 1. The van der Waals surface area contributed by atoms with Gasteiger partial charge in [0, 0.05) is 32.1 Å². The van der Waals surface area contributed by atoms with Crippen molar-refractivity contribution >= 4 is 17.8 Å². The first-order valence-electron chi connectivity index (χ1n) is 6.10. The lowest BCUT2D eigenvalue weighted by Crippen LogP contribution is -2.13. The van der Waals surface area contributed by atoms with E-state index in [0.717, 1.165) is 28.6 Å². The van der Waals surface area contributed by atoms with Gasteiger partial charge in [-0.25, -0.2) is 0 Å². The van der Waals surface area contributed by atoms with Crippen molar-refractivity contribution < 1.29 is 0 Å². The Labute approximate surface area is 111 Å². The standard InChI is InChI=1S/C13H19N3OS/c1-9(2)12-10(13(17)16(4)14-12)5-6-11-15(3)7-8-18-11/h5,9,14H,7-8H2,1-4H3. The molecule has 1 aliphatic rings. The van der Waals surface area contributed by atoms with Crippen LogP contribution >= 0.6 is 11.8 Å². The van der Waals surface area contributed by atoms with Crippen LogP contribution in [0.4, 0.5) is 0 Å². The van der Waals surface area contributed by atoms with E-state index in [-0.39, 0.29) is 5.56 Å². The Balaban J connectivity index is 2.46. The van der Waals surface area contributed by atoms with Crippen LogP contribution in [0.5, 0.6) is 0 Å². The van der Waals surface area contributed by atoms with Crippen molar-refractivity contribution in [2.75, 3.05) is 19.3 Å². The molecule has 0 saturated carbocycles. The van der Waals surface area contributed by atoms with E-state index in [1.807, 2.05) is 6.08 Å². The maximum absolute atomic E-state index is 12.0. The van der Waals surface area contributed by atoms with Gasteiger partial charge in [-0.15, -0.1) is 0 Å². The quantitative estimate of drug-likeness (QED) is 0.831. The van der Waals surface area contributed by atoms with E-state index in [1.54, 1.807) is 18.8 Å². The molecule has 0 spiro atoms. The molecule has 0 amide bonds. The first-order chi connectivity index (χ1) is 8.50. The summed E-state index contributed by atoms with van der Waals surface area (Å²) >= 11 is 1.78. The highest BCUT2D eigenvalue weighted by molar-refractivity contribution is 8.03. The van der Waals surface area contributed by atoms with Crippen molar-refractivity contribution in [2.45, 2.75) is 19.8 Å². The van der Waals surface area contributed by atoms with Crippen molar-refractivity contribution in [2.24, 2.45) is 7.05 Å². The molecule has 0 unspecified atom stereocenters. The van der Waals surface area contributed by atoms with E-state index >= 15 is 0 Å². The Bertz CT molecular complexity index is 561. The first kappa shape index (κ1) is 13.1. The van der Waals surface area contributed by atoms with Crippen molar-refractivity contribution in [1.82, 2.24) is 14.7 Å². The Morgan fingerprint density at radius 1 is 1.44 bits per heavy atom. The van der Waals surface area contributed by atoms with E-state index in [0.29, 0.717) is 5.92 Å². The number of hydrogen-bond acceptors (Lipinski definition) is 3. The third-order valence-corrected chi connectivity index (χ3v) is 4.13. The molecular weight excluding hydrogens is 246 g/mol. The van der Waals surface area contributed by atoms with Crippen LogP contribution in [0.1, 0.15) is 31.0 Å². The van der Waals surface area contributed by atoms with E-state index in [4.69, 9.17) is 0 Å². The molecule has 1 aromatic heterocycles. The summed E-state index contributed by atoms with van der Waals surface area (Å²) < 4.78 is 1.53. The van der Waals surface area contributed by atoms with E-state index in [1.165, 1.54) is 4.68 Å². The number of nitrogens with one attached hydrogen (secondary N) is 1. The molecule has 0 atom stereocenters. The van der Waals surface area contributed by atoms with E-state index in [2.05, 4.69) is 36.6 Å². The Morgan fingerprint density at radius 3 is 2.72 bits per heavy atom. The van der Waals surface area contributed by atoms with E-state index < -0.39 is 0 Å². The number of thioether (sulfide) groups is 1. The molecule has 0 bridgehead atoms. The number of rotatable bonds is 2. The van der Waals surface area contributed by atoms with Gasteiger partial charge in [0.1, 0.15) is 5.03 Å². The fourth-order valence-corrected chi connectivity index (χ4v) is 2.96. The Morgan fingerprint density at radius 2 is 2.17 bits per heavy atom. The third kappa shape index (κ3) is 2.42. The van der Waals surface area contributed by atoms with Crippen molar-refractivity contribution in [3.63, 3.8) is 0 Å². The molecule has 1 N–H and O–H groups in total. The van der Waals surface area contributed by atoms with Gasteiger partial charge in [-0.05, 0) is 12.0 Å². The minimum Gasteiger partial charge on any atom is -0.362 e. The zero-order valence-electron chi connectivity index (χ0n) is 11.3. The first-order valence-corrected chi connectivity index (χ1v) is 7.08. The van der Waals surface area contributed by atoms with E-state index in [9.17, 15) is 4.79 Å². The van der Waals surface area contributed by atoms with Gasteiger partial charge in [0.2, 0.25) is 0 Å². The molecule has 2 heterocycles. The largest absolute Gasteiger partial charge is 0.362 e. The average Bonchev–Trinajstić information content (AvgIpc) is 2.83. The summed E-state index contributed by atoms with van der Waals surface area (Å²) in [5.74, 6) is 1.39. The summed E-state index contributed by atoms with van der Waals surface area (Å²) in [5.41, 5.74) is 4.95. The summed E-state index contributed by atoms with van der Waals surface area (Å²) in [4.78, 5) is 14.2. The topological polar surface area (TPSA) is 41.0 Å². The molecule has 4 nitrogen and oxygen atoms in total. The van der Waals surface area contributed by atoms with Crippen LogP contribution in [-0.2, 0) is 7.05 Å². The number of aromatic nitrogens is 2. The van der Waals surface area contributed by atoms with Crippen LogP contribution in [-0.4, -0.2) is 34.0 Å². The highest BCUT2D eigenvalue weighted by Crippen LogP contribution is 2.25. The molecule has 1 fully saturated rings. The molecule has 1 aromatic rings. The molecule has 0 aromatic carbocycles. The maximum atomic E-state index is 12.0. The summed E-state index contributed by atoms with van der Waals surface area (Å²) in [6, 6.07) is 0. The van der Waals surface area contributed by atoms with Crippen LogP contribution in [0.15, 0.2) is 15.6 Å². The molecule has 0 aliphatic carbocycles. The van der Waals surface area contributed by atoms with Gasteiger partial charge in [0.05, 0.1) is 5.56 Å². The molecule has 98 valence electrons. The zero-order valence-corrected chi connectivity index (χ0v) is 12.1. The van der Waals surface area contributed by atoms with Gasteiger partial charge < -0.3 is 4.90 Å². The second-order valence-corrected chi connectivity index (χ2v) is 5.91. The number of hydrogen-bond donors (Lipinski definition) is 1. The van der Waals surface area contributed by atoms with Gasteiger partial charge in [0.25, 0.3) is 5.56 Å². The van der Waals surface area contributed by atoms with Crippen molar-refractivity contribution in [1.29, 1.82) is 0 Å². The zero-order chi connectivity index (χ0) is 13.3. The highest BCUT2D eigenvalue weighted by Gasteiger charge is 2.14. The lowest BCUT2D eigenvalue weighted by molar-refractivity contribution is 0.494. The number of nitrogens with zero attached hydrogens (tertiary/aromatic N) is 2. The second kappa shape index (κ2) is 5.12. The van der Waals surface area contributed by atoms with Crippen LogP contribution < -0.4 is 5.56 Å². The lowest BCUT2D eigenvalue weighted by Gasteiger charge is -2.07. The summed E-state index contributed by atoms with van der Waals surface area (Å²) in [7, 11) is 3.80. The molecule has 0 radical (unpaired) electrons. The minimum atomic E-state index is 0.0115. The molecule has 1 saturated heterocycles. The van der Waals surface area contributed by atoms with Crippen LogP contribution in [0.2, 0.25) is 0 Å². The van der Waals surface area contributed by atoms with Crippen molar-refractivity contribution in [3.8, 4) is 0 Å². The van der Waals surface area contributed by atoms with Crippen LogP contribution in [0.3, 0.4) is 0 Å². The second-order valence-electron chi connectivity index (χ2n) is 4.82. The summed E-state index contributed by atoms with van der Waals surface area (Å²) in [6.45, 7) is 5.20. The van der Waals surface area contributed by atoms with Crippen LogP contribution in [0.25, 0.3) is 6.08 Å². The van der Waals surface area contributed by atoms with Gasteiger partial charge >= 0.3 is 0 Å². The third-order valence-electron chi connectivity index (χ3n) is 3.04. The Kier molecular flexibility index (Phi) is 3.73. The summed E-state index contributed by atoms with van der Waals surface area (Å²) in [5, 5.41) is 4.21. The predicted molar refractivity (Wildman–Crippen MR) is 76.7 cm³/mol. The fourth-order valence-electron chi connectivity index (χ4n) is 1.94. The predicted octanol–water partition coefficient (Wildman–Crippen LogP) is 1.97. The Hall–Kier alpha value is -1.32. The van der Waals surface area contributed by atoms with Gasteiger partial charge in [-0.3, -0.25) is 14.6 Å². The molecule has 2 rings (SSSR count). The summed E-state index contributed by atoms with van der Waals surface area (Å²) in [6.07, 6.45) is 1.82. The lowest BCUT2D eigenvalue weighted by atomic mass is 10.1. The fraction of sp³-hybridized carbons (Fsp3) is 0.538. The highest BCUT2D eigenvalue weighted by atomic mass is 32.2. The van der Waals surface area contributed by atoms with Gasteiger partial charge in [-0.1, -0.05) is 31.3 Å². The number of aromatic amines is 1. The number of aryl methyl sites for hydroxylation is 1. The molecule has 18 heavy (non-hydrogen) atoms. The minimum absolute atomic E-state index is 0.0115. The smallest absolute Gasteiger partial charge is 0.274 e. The SMILES string of the molecule is CC(C)c1[nH]n(C)c(=O)c1C=C=C1SCCN1C. The van der Waals surface area contributed by atoms with Gasteiger partial charge in [0.15, 0.2) is 0 Å². The maximum Gasteiger partial charge on any atom is 0.274 e. The molecule has 1 aliphatic heterocycles. The van der Waals surface area contributed by atoms with Crippen LogP contribution in [0, 0.1) is 0 Å².